The van der Waals surface area contributed by atoms with Crippen LogP contribution in [-0.2, 0) is 11.9 Å². The first-order valence-corrected chi connectivity index (χ1v) is 4.86. The number of H-pyrrole nitrogens is 1. The van der Waals surface area contributed by atoms with Gasteiger partial charge in [-0.3, -0.25) is 14.6 Å². The highest BCUT2D eigenvalue weighted by atomic mass is 16.6. The van der Waals surface area contributed by atoms with Gasteiger partial charge in [0.1, 0.15) is 7.11 Å². The van der Waals surface area contributed by atoms with Crippen molar-refractivity contribution >= 4 is 5.71 Å². The summed E-state index contributed by atoms with van der Waals surface area (Å²) in [5.41, 5.74) is 2.02. The van der Waals surface area contributed by atoms with E-state index in [0.717, 1.165) is 5.69 Å². The first-order chi connectivity index (χ1) is 6.99. The molecule has 1 heterocycles. The number of hydrogen-bond donors (Lipinski definition) is 1. The lowest BCUT2D eigenvalue weighted by molar-refractivity contribution is 0.213. The fourth-order valence-electron chi connectivity index (χ4n) is 1.52. The van der Waals surface area contributed by atoms with Crippen molar-refractivity contribution in [3.8, 4) is 0 Å². The molecule has 0 unspecified atom stereocenters. The Bertz CT molecular complexity index is 426. The minimum Gasteiger partial charge on any atom is -0.399 e. The van der Waals surface area contributed by atoms with Gasteiger partial charge in [0.2, 0.25) is 0 Å². The molecule has 0 aromatic carbocycles. The van der Waals surface area contributed by atoms with E-state index < -0.39 is 0 Å². The molecule has 0 spiro atoms. The summed E-state index contributed by atoms with van der Waals surface area (Å²) in [6.45, 7) is 5.81. The number of nitrogens with one attached hydrogen (secondary N) is 1. The Morgan fingerprint density at radius 1 is 1.53 bits per heavy atom. The van der Waals surface area contributed by atoms with Crippen LogP contribution in [0.3, 0.4) is 0 Å². The van der Waals surface area contributed by atoms with Gasteiger partial charge in [-0.05, 0) is 12.8 Å². The minimum atomic E-state index is -0.0722. The molecule has 0 bridgehead atoms. The lowest BCUT2D eigenvalue weighted by atomic mass is 10.0. The van der Waals surface area contributed by atoms with E-state index in [9.17, 15) is 4.79 Å². The third-order valence-electron chi connectivity index (χ3n) is 2.24. The van der Waals surface area contributed by atoms with E-state index in [-0.39, 0.29) is 11.5 Å². The van der Waals surface area contributed by atoms with E-state index in [1.165, 1.54) is 11.8 Å². The van der Waals surface area contributed by atoms with E-state index in [1.54, 1.807) is 14.0 Å². The molecule has 84 valence electrons. The number of nitrogens with zero attached hydrogens (tertiary/aromatic N) is 2. The number of aryl methyl sites for hydroxylation is 1. The monoisotopic (exact) mass is 211 g/mol. The van der Waals surface area contributed by atoms with Crippen LogP contribution in [0.1, 0.15) is 37.9 Å². The maximum absolute atomic E-state index is 11.8. The van der Waals surface area contributed by atoms with Crippen molar-refractivity contribution in [1.82, 2.24) is 9.78 Å². The standard InChI is InChI=1S/C10H17N3O2/c1-6(2)9-8(7(3)12-15-5)10(14)13(4)11-9/h6,11H,1-5H3. The molecule has 5 nitrogen and oxygen atoms in total. The molecule has 0 amide bonds. The predicted molar refractivity (Wildman–Crippen MR) is 59.3 cm³/mol. The molecular formula is C10H17N3O2. The number of rotatable bonds is 3. The van der Waals surface area contributed by atoms with Gasteiger partial charge in [0.15, 0.2) is 0 Å². The van der Waals surface area contributed by atoms with Gasteiger partial charge in [0.25, 0.3) is 5.56 Å². The van der Waals surface area contributed by atoms with Gasteiger partial charge < -0.3 is 4.84 Å². The van der Waals surface area contributed by atoms with Crippen LogP contribution in [0.15, 0.2) is 9.95 Å². The van der Waals surface area contributed by atoms with Crippen LogP contribution < -0.4 is 5.56 Å². The molecule has 15 heavy (non-hydrogen) atoms. The molecule has 0 radical (unpaired) electrons. The molecule has 0 saturated heterocycles. The van der Waals surface area contributed by atoms with Gasteiger partial charge in [-0.1, -0.05) is 19.0 Å². The Hall–Kier alpha value is -1.52. The van der Waals surface area contributed by atoms with Gasteiger partial charge in [-0.25, -0.2) is 0 Å². The largest absolute Gasteiger partial charge is 0.399 e. The molecule has 5 heteroatoms. The van der Waals surface area contributed by atoms with Crippen molar-refractivity contribution in [2.24, 2.45) is 12.2 Å². The van der Waals surface area contributed by atoms with Crippen LogP contribution in [0.25, 0.3) is 0 Å². The quantitative estimate of drug-likeness (QED) is 0.603. The molecule has 1 aromatic heterocycles. The Morgan fingerprint density at radius 3 is 2.60 bits per heavy atom. The molecule has 0 aliphatic carbocycles. The minimum absolute atomic E-state index is 0.0722. The zero-order chi connectivity index (χ0) is 11.6. The normalized spacial score (nSPS) is 12.3. The summed E-state index contributed by atoms with van der Waals surface area (Å²) in [5, 5.41) is 6.81. The average molecular weight is 211 g/mol. The SMILES string of the molecule is CON=C(C)c1c(C(C)C)[nH]n(C)c1=O. The molecule has 1 rings (SSSR count). The van der Waals surface area contributed by atoms with E-state index in [2.05, 4.69) is 15.1 Å². The van der Waals surface area contributed by atoms with Crippen molar-refractivity contribution in [2.75, 3.05) is 7.11 Å². The lowest BCUT2D eigenvalue weighted by Crippen LogP contribution is -2.18. The van der Waals surface area contributed by atoms with Gasteiger partial charge in [0, 0.05) is 12.7 Å². The van der Waals surface area contributed by atoms with Crippen molar-refractivity contribution < 1.29 is 4.84 Å². The number of hydrogen-bond acceptors (Lipinski definition) is 3. The first kappa shape index (κ1) is 11.6. The summed E-state index contributed by atoms with van der Waals surface area (Å²) in [6, 6.07) is 0. The molecule has 1 N–H and O–H groups in total. The number of aromatic amines is 1. The van der Waals surface area contributed by atoms with Crippen LogP contribution in [0.2, 0.25) is 0 Å². The zero-order valence-corrected chi connectivity index (χ0v) is 9.79. The second-order valence-electron chi connectivity index (χ2n) is 3.78. The third-order valence-corrected chi connectivity index (χ3v) is 2.24. The molecule has 0 saturated carbocycles. The topological polar surface area (TPSA) is 59.4 Å². The van der Waals surface area contributed by atoms with Gasteiger partial charge in [0.05, 0.1) is 11.3 Å². The smallest absolute Gasteiger partial charge is 0.275 e. The Labute approximate surface area is 88.7 Å². The van der Waals surface area contributed by atoms with Crippen molar-refractivity contribution in [3.63, 3.8) is 0 Å². The van der Waals surface area contributed by atoms with E-state index in [1.807, 2.05) is 13.8 Å². The van der Waals surface area contributed by atoms with Crippen molar-refractivity contribution in [3.05, 3.63) is 21.6 Å². The lowest BCUT2D eigenvalue weighted by Gasteiger charge is -2.04. The van der Waals surface area contributed by atoms with E-state index in [4.69, 9.17) is 0 Å². The molecule has 0 aliphatic rings. The fourth-order valence-corrected chi connectivity index (χ4v) is 1.52. The summed E-state index contributed by atoms with van der Waals surface area (Å²) < 4.78 is 1.46. The highest BCUT2D eigenvalue weighted by Crippen LogP contribution is 2.14. The molecule has 0 aliphatic heterocycles. The van der Waals surface area contributed by atoms with Gasteiger partial charge in [-0.15, -0.1) is 0 Å². The summed E-state index contributed by atoms with van der Waals surface area (Å²) in [6.07, 6.45) is 0. The Morgan fingerprint density at radius 2 is 2.13 bits per heavy atom. The second-order valence-corrected chi connectivity index (χ2v) is 3.78. The van der Waals surface area contributed by atoms with Crippen LogP contribution in [0.4, 0.5) is 0 Å². The number of oxime groups is 1. The van der Waals surface area contributed by atoms with Crippen LogP contribution in [0.5, 0.6) is 0 Å². The Balaban J connectivity index is 3.38. The molecule has 0 atom stereocenters. The van der Waals surface area contributed by atoms with E-state index >= 15 is 0 Å². The van der Waals surface area contributed by atoms with Crippen LogP contribution in [0, 0.1) is 0 Å². The van der Waals surface area contributed by atoms with Crippen LogP contribution >= 0.6 is 0 Å². The zero-order valence-electron chi connectivity index (χ0n) is 9.79. The molecule has 0 fully saturated rings. The van der Waals surface area contributed by atoms with Crippen LogP contribution in [-0.4, -0.2) is 22.6 Å². The summed E-state index contributed by atoms with van der Waals surface area (Å²) in [4.78, 5) is 16.5. The first-order valence-electron chi connectivity index (χ1n) is 4.86. The summed E-state index contributed by atoms with van der Waals surface area (Å²) in [5.74, 6) is 0.246. The van der Waals surface area contributed by atoms with Crippen molar-refractivity contribution in [1.29, 1.82) is 0 Å². The third kappa shape index (κ3) is 2.11. The van der Waals surface area contributed by atoms with E-state index in [0.29, 0.717) is 11.3 Å². The van der Waals surface area contributed by atoms with Crippen molar-refractivity contribution in [2.45, 2.75) is 26.7 Å². The van der Waals surface area contributed by atoms with Gasteiger partial charge >= 0.3 is 0 Å². The van der Waals surface area contributed by atoms with Gasteiger partial charge in [-0.2, -0.15) is 0 Å². The number of aromatic nitrogens is 2. The average Bonchev–Trinajstić information content (AvgIpc) is 2.44. The fraction of sp³-hybridized carbons (Fsp3) is 0.600. The molecule has 1 aromatic rings. The predicted octanol–water partition coefficient (Wildman–Crippen LogP) is 1.21. The molecular weight excluding hydrogens is 194 g/mol. The summed E-state index contributed by atoms with van der Waals surface area (Å²) >= 11 is 0. The highest BCUT2D eigenvalue weighted by Gasteiger charge is 2.17. The summed E-state index contributed by atoms with van der Waals surface area (Å²) in [7, 11) is 3.16. The second kappa shape index (κ2) is 4.33. The maximum atomic E-state index is 11.8. The highest BCUT2D eigenvalue weighted by molar-refractivity contribution is 5.99. The maximum Gasteiger partial charge on any atom is 0.275 e. The Kier molecular flexibility index (Phi) is 3.34.